The summed E-state index contributed by atoms with van der Waals surface area (Å²) in [4.78, 5) is 0. The molecule has 1 aromatic rings. The smallest absolute Gasteiger partial charge is 0.130 e. The summed E-state index contributed by atoms with van der Waals surface area (Å²) in [5, 5.41) is 9.71. The van der Waals surface area contributed by atoms with Crippen LogP contribution in [0.4, 0.5) is 0 Å². The Hall–Kier alpha value is -1.06. The maximum atomic E-state index is 9.71. The first-order chi connectivity index (χ1) is 9.17. The van der Waals surface area contributed by atoms with Crippen LogP contribution in [-0.4, -0.2) is 30.0 Å². The summed E-state index contributed by atoms with van der Waals surface area (Å²) in [7, 11) is 0. The first kappa shape index (κ1) is 14.4. The van der Waals surface area contributed by atoms with Crippen LogP contribution in [0.5, 0.6) is 5.75 Å². The molecule has 4 unspecified atom stereocenters. The summed E-state index contributed by atoms with van der Waals surface area (Å²) >= 11 is 0. The van der Waals surface area contributed by atoms with Crippen molar-refractivity contribution in [3.05, 3.63) is 29.8 Å². The Balaban J connectivity index is 2.07. The van der Waals surface area contributed by atoms with E-state index in [1.807, 2.05) is 25.1 Å². The van der Waals surface area contributed by atoms with Gasteiger partial charge in [-0.05, 0) is 30.9 Å². The molecule has 0 saturated heterocycles. The molecular formula is C16H24O3. The van der Waals surface area contributed by atoms with Gasteiger partial charge in [-0.3, -0.25) is 0 Å². The van der Waals surface area contributed by atoms with Gasteiger partial charge in [0.25, 0.3) is 0 Å². The van der Waals surface area contributed by atoms with Gasteiger partial charge in [-0.2, -0.15) is 0 Å². The highest BCUT2D eigenvalue weighted by Crippen LogP contribution is 2.34. The van der Waals surface area contributed by atoms with Gasteiger partial charge in [-0.15, -0.1) is 0 Å². The third-order valence-electron chi connectivity index (χ3n) is 3.92. The Morgan fingerprint density at radius 3 is 2.68 bits per heavy atom. The van der Waals surface area contributed by atoms with Crippen LogP contribution in [0.15, 0.2) is 24.3 Å². The molecule has 4 atom stereocenters. The standard InChI is InChI=1S/C16H24O3/c1-4-11(3)12-8-6-7-9-14(12)19-15-10-13(17)16(15)18-5-2/h6-9,11,13,15-17H,4-5,10H2,1-3H3. The lowest BCUT2D eigenvalue weighted by molar-refractivity contribution is -0.160. The van der Waals surface area contributed by atoms with Crippen molar-refractivity contribution >= 4 is 0 Å². The Kier molecular flexibility index (Phi) is 4.83. The molecule has 3 nitrogen and oxygen atoms in total. The molecule has 1 fully saturated rings. The quantitative estimate of drug-likeness (QED) is 0.858. The Bertz CT molecular complexity index is 405. The molecule has 19 heavy (non-hydrogen) atoms. The molecule has 0 amide bonds. The summed E-state index contributed by atoms with van der Waals surface area (Å²) in [6, 6.07) is 8.17. The van der Waals surface area contributed by atoms with Gasteiger partial charge < -0.3 is 14.6 Å². The minimum Gasteiger partial charge on any atom is -0.487 e. The van der Waals surface area contributed by atoms with E-state index in [9.17, 15) is 5.11 Å². The van der Waals surface area contributed by atoms with E-state index in [0.717, 1.165) is 12.2 Å². The molecule has 0 heterocycles. The number of ether oxygens (including phenoxy) is 2. The molecule has 1 aliphatic carbocycles. The number of para-hydroxylation sites is 1. The fourth-order valence-corrected chi connectivity index (χ4v) is 2.46. The van der Waals surface area contributed by atoms with Gasteiger partial charge in [-0.25, -0.2) is 0 Å². The van der Waals surface area contributed by atoms with Crippen LogP contribution in [0.2, 0.25) is 0 Å². The summed E-state index contributed by atoms with van der Waals surface area (Å²) < 4.78 is 11.6. The van der Waals surface area contributed by atoms with Crippen LogP contribution in [0.3, 0.4) is 0 Å². The second kappa shape index (κ2) is 6.40. The predicted octanol–water partition coefficient (Wildman–Crippen LogP) is 3.12. The number of aliphatic hydroxyl groups excluding tert-OH is 1. The monoisotopic (exact) mass is 264 g/mol. The minimum atomic E-state index is -0.388. The van der Waals surface area contributed by atoms with E-state index in [4.69, 9.17) is 9.47 Å². The molecular weight excluding hydrogens is 240 g/mol. The van der Waals surface area contributed by atoms with Crippen molar-refractivity contribution < 1.29 is 14.6 Å². The SMILES string of the molecule is CCOC1C(O)CC1Oc1ccccc1C(C)CC. The summed E-state index contributed by atoms with van der Waals surface area (Å²) in [6.07, 6.45) is 1.14. The molecule has 0 bridgehead atoms. The van der Waals surface area contributed by atoms with Gasteiger partial charge in [-0.1, -0.05) is 32.0 Å². The third-order valence-corrected chi connectivity index (χ3v) is 3.92. The van der Waals surface area contributed by atoms with E-state index < -0.39 is 0 Å². The zero-order valence-electron chi connectivity index (χ0n) is 12.0. The highest BCUT2D eigenvalue weighted by Gasteiger charge is 2.42. The first-order valence-corrected chi connectivity index (χ1v) is 7.22. The van der Waals surface area contributed by atoms with Gasteiger partial charge in [0.05, 0.1) is 6.10 Å². The number of aliphatic hydroxyl groups is 1. The fraction of sp³-hybridized carbons (Fsp3) is 0.625. The molecule has 1 aromatic carbocycles. The second-order valence-electron chi connectivity index (χ2n) is 5.23. The lowest BCUT2D eigenvalue weighted by Crippen LogP contribution is -2.55. The largest absolute Gasteiger partial charge is 0.487 e. The summed E-state index contributed by atoms with van der Waals surface area (Å²) in [5.74, 6) is 1.41. The zero-order chi connectivity index (χ0) is 13.8. The minimum absolute atomic E-state index is 0.0276. The van der Waals surface area contributed by atoms with E-state index in [2.05, 4.69) is 19.9 Å². The summed E-state index contributed by atoms with van der Waals surface area (Å²) in [5.41, 5.74) is 1.24. The average Bonchev–Trinajstić information content (AvgIpc) is 2.44. The topological polar surface area (TPSA) is 38.7 Å². The van der Waals surface area contributed by atoms with Crippen molar-refractivity contribution in [1.82, 2.24) is 0 Å². The Labute approximate surface area is 115 Å². The highest BCUT2D eigenvalue weighted by molar-refractivity contribution is 5.36. The van der Waals surface area contributed by atoms with Crippen LogP contribution < -0.4 is 4.74 Å². The molecule has 0 aromatic heterocycles. The Morgan fingerprint density at radius 1 is 1.32 bits per heavy atom. The average molecular weight is 264 g/mol. The fourth-order valence-electron chi connectivity index (χ4n) is 2.46. The lowest BCUT2D eigenvalue weighted by atomic mass is 9.87. The molecule has 1 aliphatic rings. The highest BCUT2D eigenvalue weighted by atomic mass is 16.6. The first-order valence-electron chi connectivity index (χ1n) is 7.22. The van der Waals surface area contributed by atoms with E-state index in [1.54, 1.807) is 0 Å². The summed E-state index contributed by atoms with van der Waals surface area (Å²) in [6.45, 7) is 6.93. The maximum Gasteiger partial charge on any atom is 0.130 e. The van der Waals surface area contributed by atoms with Crippen LogP contribution in [0.25, 0.3) is 0 Å². The van der Waals surface area contributed by atoms with E-state index in [0.29, 0.717) is 18.9 Å². The van der Waals surface area contributed by atoms with E-state index >= 15 is 0 Å². The van der Waals surface area contributed by atoms with Gasteiger partial charge in [0.1, 0.15) is 18.0 Å². The molecule has 3 heteroatoms. The van der Waals surface area contributed by atoms with Crippen molar-refractivity contribution in [2.24, 2.45) is 0 Å². The van der Waals surface area contributed by atoms with Crippen molar-refractivity contribution in [1.29, 1.82) is 0 Å². The molecule has 1 saturated carbocycles. The molecule has 2 rings (SSSR count). The molecule has 0 aliphatic heterocycles. The Morgan fingerprint density at radius 2 is 2.05 bits per heavy atom. The molecule has 0 spiro atoms. The van der Waals surface area contributed by atoms with Gasteiger partial charge in [0, 0.05) is 13.0 Å². The van der Waals surface area contributed by atoms with E-state index in [1.165, 1.54) is 5.56 Å². The predicted molar refractivity (Wildman–Crippen MR) is 75.6 cm³/mol. The van der Waals surface area contributed by atoms with Crippen molar-refractivity contribution in [2.75, 3.05) is 6.61 Å². The second-order valence-corrected chi connectivity index (χ2v) is 5.23. The van der Waals surface area contributed by atoms with Crippen molar-refractivity contribution in [3.63, 3.8) is 0 Å². The van der Waals surface area contributed by atoms with Crippen molar-refractivity contribution in [2.45, 2.75) is 57.8 Å². The molecule has 1 N–H and O–H groups in total. The van der Waals surface area contributed by atoms with E-state index in [-0.39, 0.29) is 18.3 Å². The van der Waals surface area contributed by atoms with Crippen LogP contribution in [-0.2, 0) is 4.74 Å². The number of rotatable bonds is 6. The van der Waals surface area contributed by atoms with Crippen LogP contribution >= 0.6 is 0 Å². The maximum absolute atomic E-state index is 9.71. The van der Waals surface area contributed by atoms with Crippen LogP contribution in [0.1, 0.15) is 45.1 Å². The van der Waals surface area contributed by atoms with Gasteiger partial charge in [0.15, 0.2) is 0 Å². The van der Waals surface area contributed by atoms with Crippen molar-refractivity contribution in [3.8, 4) is 5.75 Å². The molecule has 0 radical (unpaired) electrons. The van der Waals surface area contributed by atoms with Gasteiger partial charge in [0.2, 0.25) is 0 Å². The van der Waals surface area contributed by atoms with Crippen LogP contribution in [0, 0.1) is 0 Å². The zero-order valence-corrected chi connectivity index (χ0v) is 12.0. The molecule has 106 valence electrons. The van der Waals surface area contributed by atoms with Gasteiger partial charge >= 0.3 is 0 Å². The number of hydrogen-bond donors (Lipinski definition) is 1. The number of hydrogen-bond acceptors (Lipinski definition) is 3. The normalized spacial score (nSPS) is 27.7. The lowest BCUT2D eigenvalue weighted by Gasteiger charge is -2.41. The number of benzene rings is 1. The third kappa shape index (κ3) is 3.10.